The molecular weight excluding hydrogens is 268 g/mol. The van der Waals surface area contributed by atoms with Gasteiger partial charge in [-0.2, -0.15) is 0 Å². The van der Waals surface area contributed by atoms with Gasteiger partial charge in [0.1, 0.15) is 0 Å². The highest BCUT2D eigenvalue weighted by atomic mass is 16.5. The van der Waals surface area contributed by atoms with Gasteiger partial charge < -0.3 is 19.9 Å². The van der Waals surface area contributed by atoms with Gasteiger partial charge in [-0.05, 0) is 25.1 Å². The molecule has 0 aromatic carbocycles. The topological polar surface area (TPSA) is 57.7 Å². The minimum atomic E-state index is 0.000486. The minimum Gasteiger partial charge on any atom is -0.478 e. The van der Waals surface area contributed by atoms with Crippen LogP contribution in [-0.2, 0) is 6.54 Å². The fourth-order valence-electron chi connectivity index (χ4n) is 2.34. The molecule has 2 rings (SSSR count). The van der Waals surface area contributed by atoms with Crippen LogP contribution in [0.2, 0.25) is 0 Å². The van der Waals surface area contributed by atoms with E-state index in [0.717, 1.165) is 38.3 Å². The average Bonchev–Trinajstić information content (AvgIpc) is 2.53. The molecule has 116 valence electrons. The Bertz CT molecular complexity index is 459. The largest absolute Gasteiger partial charge is 0.478 e. The molecule has 0 aliphatic carbocycles. The molecule has 1 aliphatic heterocycles. The lowest BCUT2D eigenvalue weighted by Crippen LogP contribution is -2.51. The molecule has 1 N–H and O–H groups in total. The van der Waals surface area contributed by atoms with Crippen LogP contribution in [0.3, 0.4) is 0 Å². The highest BCUT2D eigenvalue weighted by molar-refractivity contribution is 5.74. The van der Waals surface area contributed by atoms with E-state index in [1.54, 1.807) is 6.20 Å². The predicted octanol–water partition coefficient (Wildman–Crippen LogP) is 1.33. The molecular formula is C15H24N4O2. The zero-order chi connectivity index (χ0) is 15.1. The predicted molar refractivity (Wildman–Crippen MR) is 81.3 cm³/mol. The molecule has 6 nitrogen and oxygen atoms in total. The Balaban J connectivity index is 1.80. The van der Waals surface area contributed by atoms with Crippen molar-refractivity contribution in [2.45, 2.75) is 20.4 Å². The summed E-state index contributed by atoms with van der Waals surface area (Å²) in [6, 6.07) is 3.75. The standard InChI is InChI=1S/C15H24N4O2/c1-3-18-7-9-19(10-8-18)15(20)17-12-13-5-6-16-14(11-13)21-4-2/h5-6,11H,3-4,7-10,12H2,1-2H3,(H,17,20). The van der Waals surface area contributed by atoms with Crippen molar-refractivity contribution < 1.29 is 9.53 Å². The Morgan fingerprint density at radius 3 is 2.76 bits per heavy atom. The summed E-state index contributed by atoms with van der Waals surface area (Å²) in [7, 11) is 0. The highest BCUT2D eigenvalue weighted by Gasteiger charge is 2.19. The third-order valence-corrected chi connectivity index (χ3v) is 3.64. The normalized spacial score (nSPS) is 15.8. The molecule has 1 aromatic rings. The van der Waals surface area contributed by atoms with Crippen LogP contribution < -0.4 is 10.1 Å². The number of urea groups is 1. The molecule has 6 heteroatoms. The summed E-state index contributed by atoms with van der Waals surface area (Å²) in [6.07, 6.45) is 1.70. The second-order valence-electron chi connectivity index (χ2n) is 5.02. The molecule has 1 fully saturated rings. The number of nitrogens with zero attached hydrogens (tertiary/aromatic N) is 3. The first kappa shape index (κ1) is 15.6. The number of ether oxygens (including phenoxy) is 1. The molecule has 1 saturated heterocycles. The Labute approximate surface area is 126 Å². The molecule has 1 aromatic heterocycles. The maximum Gasteiger partial charge on any atom is 0.317 e. The lowest BCUT2D eigenvalue weighted by atomic mass is 10.2. The minimum absolute atomic E-state index is 0.000486. The van der Waals surface area contributed by atoms with Crippen molar-refractivity contribution in [3.8, 4) is 5.88 Å². The van der Waals surface area contributed by atoms with E-state index in [9.17, 15) is 4.79 Å². The third kappa shape index (κ3) is 4.60. The quantitative estimate of drug-likeness (QED) is 0.889. The first-order chi connectivity index (χ1) is 10.2. The van der Waals surface area contributed by atoms with Crippen LogP contribution in [0.4, 0.5) is 4.79 Å². The molecule has 1 aliphatic rings. The number of pyridine rings is 1. The second kappa shape index (κ2) is 7.83. The van der Waals surface area contributed by atoms with E-state index in [1.165, 1.54) is 0 Å². The van der Waals surface area contributed by atoms with Gasteiger partial charge in [0, 0.05) is 45.0 Å². The van der Waals surface area contributed by atoms with E-state index in [1.807, 2.05) is 24.0 Å². The maximum absolute atomic E-state index is 12.1. The summed E-state index contributed by atoms with van der Waals surface area (Å²) in [4.78, 5) is 20.5. The number of carbonyl (C=O) groups is 1. The molecule has 0 spiro atoms. The van der Waals surface area contributed by atoms with Gasteiger partial charge in [0.2, 0.25) is 5.88 Å². The smallest absolute Gasteiger partial charge is 0.317 e. The second-order valence-corrected chi connectivity index (χ2v) is 5.02. The number of piperazine rings is 1. The van der Waals surface area contributed by atoms with E-state index in [2.05, 4.69) is 22.1 Å². The summed E-state index contributed by atoms with van der Waals surface area (Å²) in [5.74, 6) is 0.598. The Hall–Kier alpha value is -1.82. The zero-order valence-corrected chi connectivity index (χ0v) is 12.8. The number of hydrogen-bond donors (Lipinski definition) is 1. The zero-order valence-electron chi connectivity index (χ0n) is 12.8. The van der Waals surface area contributed by atoms with Crippen LogP contribution in [0.25, 0.3) is 0 Å². The van der Waals surface area contributed by atoms with E-state index in [-0.39, 0.29) is 6.03 Å². The van der Waals surface area contributed by atoms with E-state index >= 15 is 0 Å². The Morgan fingerprint density at radius 1 is 1.33 bits per heavy atom. The van der Waals surface area contributed by atoms with Crippen molar-refractivity contribution in [2.75, 3.05) is 39.3 Å². The van der Waals surface area contributed by atoms with Gasteiger partial charge in [-0.25, -0.2) is 9.78 Å². The number of likely N-dealkylation sites (N-methyl/N-ethyl adjacent to an activating group) is 1. The van der Waals surface area contributed by atoms with Crippen LogP contribution in [0.1, 0.15) is 19.4 Å². The van der Waals surface area contributed by atoms with E-state index in [0.29, 0.717) is 19.0 Å². The highest BCUT2D eigenvalue weighted by Crippen LogP contribution is 2.09. The molecule has 0 radical (unpaired) electrons. The van der Waals surface area contributed by atoms with Gasteiger partial charge in [0.25, 0.3) is 0 Å². The maximum atomic E-state index is 12.1. The fraction of sp³-hybridized carbons (Fsp3) is 0.600. The van der Waals surface area contributed by atoms with Crippen LogP contribution in [0.15, 0.2) is 18.3 Å². The number of carbonyl (C=O) groups excluding carboxylic acids is 1. The summed E-state index contributed by atoms with van der Waals surface area (Å²) in [6.45, 7) is 9.69. The molecule has 0 unspecified atom stereocenters. The van der Waals surface area contributed by atoms with Crippen molar-refractivity contribution in [1.29, 1.82) is 0 Å². The third-order valence-electron chi connectivity index (χ3n) is 3.64. The Morgan fingerprint density at radius 2 is 2.10 bits per heavy atom. The fourth-order valence-corrected chi connectivity index (χ4v) is 2.34. The van der Waals surface area contributed by atoms with E-state index in [4.69, 9.17) is 4.74 Å². The van der Waals surface area contributed by atoms with Gasteiger partial charge >= 0.3 is 6.03 Å². The summed E-state index contributed by atoms with van der Waals surface area (Å²) >= 11 is 0. The first-order valence-electron chi connectivity index (χ1n) is 7.55. The van der Waals surface area contributed by atoms with Crippen LogP contribution in [-0.4, -0.2) is 60.1 Å². The van der Waals surface area contributed by atoms with Crippen molar-refractivity contribution in [1.82, 2.24) is 20.1 Å². The number of nitrogens with one attached hydrogen (secondary N) is 1. The number of hydrogen-bond acceptors (Lipinski definition) is 4. The first-order valence-corrected chi connectivity index (χ1v) is 7.55. The van der Waals surface area contributed by atoms with Crippen molar-refractivity contribution in [3.63, 3.8) is 0 Å². The van der Waals surface area contributed by atoms with Gasteiger partial charge in [-0.3, -0.25) is 0 Å². The number of amides is 2. The Kier molecular flexibility index (Phi) is 5.80. The summed E-state index contributed by atoms with van der Waals surface area (Å²) < 4.78 is 5.35. The van der Waals surface area contributed by atoms with Gasteiger partial charge in [0.15, 0.2) is 0 Å². The van der Waals surface area contributed by atoms with Crippen LogP contribution >= 0.6 is 0 Å². The molecule has 0 atom stereocenters. The number of rotatable bonds is 5. The van der Waals surface area contributed by atoms with Crippen molar-refractivity contribution in [3.05, 3.63) is 23.9 Å². The molecule has 0 saturated carbocycles. The van der Waals surface area contributed by atoms with Crippen LogP contribution in [0, 0.1) is 0 Å². The monoisotopic (exact) mass is 292 g/mol. The van der Waals surface area contributed by atoms with Gasteiger partial charge in [-0.15, -0.1) is 0 Å². The van der Waals surface area contributed by atoms with Gasteiger partial charge in [0.05, 0.1) is 6.61 Å². The average molecular weight is 292 g/mol. The molecule has 2 amide bonds. The number of aromatic nitrogens is 1. The van der Waals surface area contributed by atoms with Crippen LogP contribution in [0.5, 0.6) is 5.88 Å². The van der Waals surface area contributed by atoms with E-state index < -0.39 is 0 Å². The lowest BCUT2D eigenvalue weighted by Gasteiger charge is -2.34. The van der Waals surface area contributed by atoms with Gasteiger partial charge in [-0.1, -0.05) is 6.92 Å². The lowest BCUT2D eigenvalue weighted by molar-refractivity contribution is 0.142. The SMILES string of the molecule is CCOc1cc(CNC(=O)N2CCN(CC)CC2)ccn1. The summed E-state index contributed by atoms with van der Waals surface area (Å²) in [5, 5.41) is 2.96. The molecule has 21 heavy (non-hydrogen) atoms. The molecule has 2 heterocycles. The molecule has 0 bridgehead atoms. The van der Waals surface area contributed by atoms with Crippen molar-refractivity contribution in [2.24, 2.45) is 0 Å². The summed E-state index contributed by atoms with van der Waals surface area (Å²) in [5.41, 5.74) is 0.994. The van der Waals surface area contributed by atoms with Crippen molar-refractivity contribution >= 4 is 6.03 Å².